The van der Waals surface area contributed by atoms with E-state index >= 15 is 0 Å². The molecule has 26 heavy (non-hydrogen) atoms. The van der Waals surface area contributed by atoms with Crippen LogP contribution in [0.15, 0.2) is 24.3 Å². The molecule has 5 heteroatoms. The van der Waals surface area contributed by atoms with Crippen LogP contribution in [0.1, 0.15) is 63.2 Å². The van der Waals surface area contributed by atoms with Crippen molar-refractivity contribution < 1.29 is 14.3 Å². The number of hydrogen-bond acceptors (Lipinski definition) is 3. The Bertz CT molecular complexity index is 617. The fourth-order valence-corrected chi connectivity index (χ4v) is 3.80. The van der Waals surface area contributed by atoms with Crippen LogP contribution in [0.2, 0.25) is 0 Å². The quantitative estimate of drug-likeness (QED) is 0.519. The van der Waals surface area contributed by atoms with Gasteiger partial charge in [-0.25, -0.2) is 4.79 Å². The number of alkyl halides is 1. The Morgan fingerprint density at radius 2 is 2.00 bits per heavy atom. The second kappa shape index (κ2) is 9.96. The Kier molecular flexibility index (Phi) is 7.95. The van der Waals surface area contributed by atoms with Crippen molar-refractivity contribution in [2.45, 2.75) is 59.0 Å². The van der Waals surface area contributed by atoms with Gasteiger partial charge in [0.15, 0.2) is 0 Å². The van der Waals surface area contributed by atoms with Crippen LogP contribution in [0.5, 0.6) is 0 Å². The number of esters is 1. The Morgan fingerprint density at radius 1 is 1.27 bits per heavy atom. The van der Waals surface area contributed by atoms with Gasteiger partial charge < -0.3 is 10.1 Å². The Morgan fingerprint density at radius 3 is 2.69 bits per heavy atom. The molecule has 1 aliphatic carbocycles. The van der Waals surface area contributed by atoms with Crippen molar-refractivity contribution in [3.05, 3.63) is 29.8 Å². The van der Waals surface area contributed by atoms with Gasteiger partial charge in [0, 0.05) is 12.3 Å². The topological polar surface area (TPSA) is 55.4 Å². The van der Waals surface area contributed by atoms with E-state index in [0.717, 1.165) is 12.8 Å². The molecule has 1 aromatic rings. The smallest absolute Gasteiger partial charge is 0.340 e. The summed E-state index contributed by atoms with van der Waals surface area (Å²) in [6.07, 6.45) is 4.06. The number of anilines is 1. The molecule has 0 spiro atoms. The summed E-state index contributed by atoms with van der Waals surface area (Å²) >= 11 is 5.64. The van der Waals surface area contributed by atoms with E-state index in [-0.39, 0.29) is 18.0 Å². The largest absolute Gasteiger partial charge is 0.458 e. The zero-order valence-electron chi connectivity index (χ0n) is 16.0. The number of nitrogens with one attached hydrogen (secondary N) is 1. The van der Waals surface area contributed by atoms with E-state index in [4.69, 9.17) is 16.3 Å². The van der Waals surface area contributed by atoms with E-state index < -0.39 is 0 Å². The molecule has 3 unspecified atom stereocenters. The number of carbonyl (C=O) groups is 2. The molecule has 0 aromatic heterocycles. The van der Waals surface area contributed by atoms with E-state index in [0.29, 0.717) is 47.7 Å². The number of rotatable bonds is 7. The SMILES string of the molecule is CC1CCC(C(C)C)C(OC(=O)c2ccccc2NC(=O)CCCCl)C1. The number of amides is 1. The van der Waals surface area contributed by atoms with Gasteiger partial charge in [-0.3, -0.25) is 4.79 Å². The van der Waals surface area contributed by atoms with Crippen molar-refractivity contribution in [1.29, 1.82) is 0 Å². The van der Waals surface area contributed by atoms with Gasteiger partial charge >= 0.3 is 5.97 Å². The number of carbonyl (C=O) groups excluding carboxylic acids is 2. The molecule has 1 fully saturated rings. The number of ether oxygens (including phenoxy) is 1. The second-order valence-corrected chi connectivity index (χ2v) is 8.03. The summed E-state index contributed by atoms with van der Waals surface area (Å²) < 4.78 is 5.91. The Balaban J connectivity index is 2.10. The summed E-state index contributed by atoms with van der Waals surface area (Å²) in [4.78, 5) is 24.8. The van der Waals surface area contributed by atoms with E-state index in [2.05, 4.69) is 26.1 Å². The minimum atomic E-state index is -0.358. The number of benzene rings is 1. The van der Waals surface area contributed by atoms with Gasteiger partial charge in [0.1, 0.15) is 6.10 Å². The standard InChI is InChI=1S/C21H30ClNO3/c1-14(2)16-11-10-15(3)13-19(16)26-21(25)17-7-4-5-8-18(17)23-20(24)9-6-12-22/h4-5,7-8,14-16,19H,6,9-13H2,1-3H3,(H,23,24). The molecule has 1 amide bonds. The highest BCUT2D eigenvalue weighted by molar-refractivity contribution is 6.18. The first-order valence-electron chi connectivity index (χ1n) is 9.58. The first-order chi connectivity index (χ1) is 12.4. The van der Waals surface area contributed by atoms with E-state index in [1.54, 1.807) is 24.3 Å². The maximum Gasteiger partial charge on any atom is 0.340 e. The van der Waals surface area contributed by atoms with Crippen LogP contribution in [0, 0.1) is 17.8 Å². The van der Waals surface area contributed by atoms with Crippen LogP contribution < -0.4 is 5.32 Å². The zero-order valence-corrected chi connectivity index (χ0v) is 16.7. The van der Waals surface area contributed by atoms with Crippen molar-refractivity contribution in [2.24, 2.45) is 17.8 Å². The van der Waals surface area contributed by atoms with Crippen LogP contribution in [0.25, 0.3) is 0 Å². The average molecular weight is 380 g/mol. The van der Waals surface area contributed by atoms with Gasteiger partial charge in [-0.1, -0.05) is 39.3 Å². The minimum Gasteiger partial charge on any atom is -0.458 e. The summed E-state index contributed by atoms with van der Waals surface area (Å²) in [6.45, 7) is 6.58. The van der Waals surface area contributed by atoms with Crippen molar-refractivity contribution in [1.82, 2.24) is 0 Å². The number of hydrogen-bond donors (Lipinski definition) is 1. The average Bonchev–Trinajstić information content (AvgIpc) is 2.60. The van der Waals surface area contributed by atoms with Gasteiger partial charge in [0.2, 0.25) is 5.91 Å². The molecular weight excluding hydrogens is 350 g/mol. The highest BCUT2D eigenvalue weighted by Crippen LogP contribution is 2.36. The highest BCUT2D eigenvalue weighted by Gasteiger charge is 2.34. The van der Waals surface area contributed by atoms with Crippen LogP contribution >= 0.6 is 11.6 Å². The lowest BCUT2D eigenvalue weighted by Gasteiger charge is -2.36. The normalized spacial score (nSPS) is 22.9. The van der Waals surface area contributed by atoms with Crippen molar-refractivity contribution in [3.63, 3.8) is 0 Å². The summed E-state index contributed by atoms with van der Waals surface area (Å²) in [5.41, 5.74) is 0.912. The predicted molar refractivity (Wildman–Crippen MR) is 106 cm³/mol. The number of halogens is 1. The molecule has 2 rings (SSSR count). The van der Waals surface area contributed by atoms with Gasteiger partial charge in [-0.2, -0.15) is 0 Å². The van der Waals surface area contributed by atoms with Gasteiger partial charge in [0.05, 0.1) is 11.3 Å². The monoisotopic (exact) mass is 379 g/mol. The highest BCUT2D eigenvalue weighted by atomic mass is 35.5. The molecule has 4 nitrogen and oxygen atoms in total. The van der Waals surface area contributed by atoms with Crippen LogP contribution in [0.4, 0.5) is 5.69 Å². The second-order valence-electron chi connectivity index (χ2n) is 7.66. The lowest BCUT2D eigenvalue weighted by molar-refractivity contribution is -0.116. The lowest BCUT2D eigenvalue weighted by atomic mass is 9.75. The molecular formula is C21H30ClNO3. The van der Waals surface area contributed by atoms with E-state index in [9.17, 15) is 9.59 Å². The molecule has 3 atom stereocenters. The molecule has 0 saturated heterocycles. The van der Waals surface area contributed by atoms with Crippen molar-refractivity contribution >= 4 is 29.2 Å². The fraction of sp³-hybridized carbons (Fsp3) is 0.619. The zero-order chi connectivity index (χ0) is 19.1. The first-order valence-corrected chi connectivity index (χ1v) is 10.1. The Labute approximate surface area is 161 Å². The molecule has 0 bridgehead atoms. The van der Waals surface area contributed by atoms with E-state index in [1.807, 2.05) is 0 Å². The summed E-state index contributed by atoms with van der Waals surface area (Å²) in [6, 6.07) is 7.02. The van der Waals surface area contributed by atoms with Gasteiger partial charge in [-0.05, 0) is 49.1 Å². The molecule has 144 valence electrons. The van der Waals surface area contributed by atoms with Crippen LogP contribution in [0.3, 0.4) is 0 Å². The minimum absolute atomic E-state index is 0.0637. The molecule has 0 heterocycles. The van der Waals surface area contributed by atoms with Crippen molar-refractivity contribution in [3.8, 4) is 0 Å². The Hall–Kier alpha value is -1.55. The van der Waals surface area contributed by atoms with Crippen LogP contribution in [-0.4, -0.2) is 23.9 Å². The first kappa shape index (κ1) is 20.8. The molecule has 1 aromatic carbocycles. The van der Waals surface area contributed by atoms with Gasteiger partial charge in [0.25, 0.3) is 0 Å². The molecule has 1 saturated carbocycles. The number of para-hydroxylation sites is 1. The molecule has 1 N–H and O–H groups in total. The maximum atomic E-state index is 12.8. The molecule has 1 aliphatic rings. The summed E-state index contributed by atoms with van der Waals surface area (Å²) in [5, 5.41) is 2.81. The summed E-state index contributed by atoms with van der Waals surface area (Å²) in [5.74, 6) is 1.37. The van der Waals surface area contributed by atoms with Crippen LogP contribution in [-0.2, 0) is 9.53 Å². The maximum absolute atomic E-state index is 12.8. The molecule has 0 radical (unpaired) electrons. The van der Waals surface area contributed by atoms with E-state index in [1.165, 1.54) is 6.42 Å². The lowest BCUT2D eigenvalue weighted by Crippen LogP contribution is -2.36. The molecule has 0 aliphatic heterocycles. The predicted octanol–water partition coefficient (Wildman–Crippen LogP) is 5.26. The third kappa shape index (κ3) is 5.73. The fourth-order valence-electron chi connectivity index (χ4n) is 3.66. The summed E-state index contributed by atoms with van der Waals surface area (Å²) in [7, 11) is 0. The third-order valence-electron chi connectivity index (χ3n) is 5.18. The third-order valence-corrected chi connectivity index (χ3v) is 5.45. The van der Waals surface area contributed by atoms with Gasteiger partial charge in [-0.15, -0.1) is 11.6 Å². The van der Waals surface area contributed by atoms with Crippen molar-refractivity contribution in [2.75, 3.05) is 11.2 Å².